The standard InChI is InChI=1S/C36H52N4O7/c1-21(38-22(2)41)30(42)37-15-16-39(5)32(43)46-25-11-10-24-18-27-34-12-13-36(45-7,26(19-34)33(3,4)44)31-35(34,28(24)29(25)47-31)14-17-40(27,6)20-23-8-9-23/h10-11,21,23,26-27,31,44H,8-9,12-20H2,1-7H3,(H-,37,38,41,42)/p+1/t21-,26+,27-,31+,34+,35-,36+,40?/m0/s1. The lowest BCUT2D eigenvalue weighted by molar-refractivity contribution is -0.952. The summed E-state index contributed by atoms with van der Waals surface area (Å²) < 4.78 is 20.9. The minimum atomic E-state index is -0.953. The quantitative estimate of drug-likeness (QED) is 0.332. The maximum atomic E-state index is 13.4. The smallest absolute Gasteiger partial charge is 0.415 e. The fraction of sp³-hybridized carbons (Fsp3) is 0.750. The molecule has 0 radical (unpaired) electrons. The SMILES string of the molecule is CO[C@]12CC[C@@]3(C[C@@H]1C(C)(C)O)[C@@H]1Cc4ccc(OC(=O)N(C)CCNC(=O)[C@H](C)NC(C)=O)c5c4[C@@]3(CC[N+]1(C)CC1CC1)[C@H]2O5. The first kappa shape index (κ1) is 32.6. The highest BCUT2D eigenvalue weighted by Crippen LogP contribution is 2.78. The molecule has 1 unspecified atom stereocenters. The molecular formula is C36H53N4O7+. The van der Waals surface area contributed by atoms with Crippen LogP contribution in [-0.4, -0.2) is 109 Å². The average Bonchev–Trinajstić information content (AvgIpc) is 3.74. The van der Waals surface area contributed by atoms with Gasteiger partial charge in [0.2, 0.25) is 11.8 Å². The highest BCUT2D eigenvalue weighted by Gasteiger charge is 2.84. The second-order valence-corrected chi connectivity index (χ2v) is 16.4. The summed E-state index contributed by atoms with van der Waals surface area (Å²) in [6, 6.07) is 3.79. The molecule has 1 aromatic rings. The van der Waals surface area contributed by atoms with Gasteiger partial charge in [0.1, 0.15) is 17.7 Å². The maximum absolute atomic E-state index is 13.4. The van der Waals surface area contributed by atoms with Crippen LogP contribution in [0.25, 0.3) is 0 Å². The molecule has 3 amide bonds. The molecule has 2 heterocycles. The van der Waals surface area contributed by atoms with Crippen molar-refractivity contribution in [2.75, 3.05) is 47.4 Å². The van der Waals surface area contributed by atoms with E-state index in [4.69, 9.17) is 14.2 Å². The zero-order chi connectivity index (χ0) is 33.7. The Balaban J connectivity index is 1.21. The molecule has 11 heteroatoms. The topological polar surface area (TPSA) is 126 Å². The summed E-state index contributed by atoms with van der Waals surface area (Å²) in [5.41, 5.74) is 0.542. The molecule has 4 bridgehead atoms. The van der Waals surface area contributed by atoms with E-state index >= 15 is 0 Å². The molecule has 1 aromatic carbocycles. The third-order valence-electron chi connectivity index (χ3n) is 13.3. The van der Waals surface area contributed by atoms with Crippen molar-refractivity contribution in [3.8, 4) is 11.5 Å². The number of fused-ring (bicyclic) bond motifs is 2. The summed E-state index contributed by atoms with van der Waals surface area (Å²) in [7, 11) is 5.90. The number of amides is 3. The van der Waals surface area contributed by atoms with Crippen molar-refractivity contribution in [2.24, 2.45) is 17.3 Å². The zero-order valence-electron chi connectivity index (χ0n) is 29.1. The van der Waals surface area contributed by atoms with Crippen LogP contribution in [0.5, 0.6) is 11.5 Å². The van der Waals surface area contributed by atoms with E-state index in [1.54, 1.807) is 21.1 Å². The van der Waals surface area contributed by atoms with Gasteiger partial charge in [0, 0.05) is 69.8 Å². The molecule has 4 saturated carbocycles. The molecule has 1 saturated heterocycles. The molecule has 7 aliphatic rings. The van der Waals surface area contributed by atoms with Gasteiger partial charge in [-0.25, -0.2) is 4.79 Å². The molecule has 5 fully saturated rings. The van der Waals surface area contributed by atoms with Gasteiger partial charge >= 0.3 is 6.09 Å². The molecule has 2 aliphatic heterocycles. The number of likely N-dealkylation sites (tertiary alicyclic amines) is 1. The fourth-order valence-electron chi connectivity index (χ4n) is 11.1. The van der Waals surface area contributed by atoms with Crippen molar-refractivity contribution in [3.05, 3.63) is 23.3 Å². The van der Waals surface area contributed by atoms with E-state index in [1.165, 1.54) is 42.3 Å². The van der Waals surface area contributed by atoms with Crippen LogP contribution < -0.4 is 20.1 Å². The lowest BCUT2D eigenvalue weighted by Crippen LogP contribution is -2.84. The Hall–Kier alpha value is -2.89. The van der Waals surface area contributed by atoms with Crippen molar-refractivity contribution in [1.82, 2.24) is 15.5 Å². The number of hydrogen-bond donors (Lipinski definition) is 3. The van der Waals surface area contributed by atoms with Gasteiger partial charge in [-0.3, -0.25) is 9.59 Å². The Morgan fingerprint density at radius 2 is 1.96 bits per heavy atom. The van der Waals surface area contributed by atoms with E-state index in [9.17, 15) is 19.5 Å². The van der Waals surface area contributed by atoms with Gasteiger partial charge in [0.05, 0.1) is 37.2 Å². The fourth-order valence-corrected chi connectivity index (χ4v) is 11.1. The van der Waals surface area contributed by atoms with E-state index in [2.05, 4.69) is 23.7 Å². The van der Waals surface area contributed by atoms with E-state index in [-0.39, 0.29) is 47.8 Å². The number of quaternary nitrogens is 1. The summed E-state index contributed by atoms with van der Waals surface area (Å²) in [6.07, 6.45) is 6.52. The van der Waals surface area contributed by atoms with Crippen LogP contribution >= 0.6 is 0 Å². The second-order valence-electron chi connectivity index (χ2n) is 16.4. The first-order chi connectivity index (χ1) is 22.1. The highest BCUT2D eigenvalue weighted by atomic mass is 16.6. The van der Waals surface area contributed by atoms with Crippen molar-refractivity contribution in [1.29, 1.82) is 0 Å². The summed E-state index contributed by atoms with van der Waals surface area (Å²) in [5, 5.41) is 17.0. The number of hydrogen-bond acceptors (Lipinski definition) is 7. The van der Waals surface area contributed by atoms with E-state index < -0.39 is 23.3 Å². The first-order valence-electron chi connectivity index (χ1n) is 17.5. The third kappa shape index (κ3) is 4.65. The Morgan fingerprint density at radius 1 is 1.21 bits per heavy atom. The minimum absolute atomic E-state index is 0.0607. The number of benzene rings is 1. The van der Waals surface area contributed by atoms with Crippen molar-refractivity contribution in [3.63, 3.8) is 0 Å². The van der Waals surface area contributed by atoms with Gasteiger partial charge in [-0.15, -0.1) is 0 Å². The van der Waals surface area contributed by atoms with Crippen LogP contribution in [0.15, 0.2) is 12.1 Å². The molecule has 47 heavy (non-hydrogen) atoms. The summed E-state index contributed by atoms with van der Waals surface area (Å²) in [5.74, 6) is 1.17. The molecular weight excluding hydrogens is 600 g/mol. The Labute approximate surface area is 278 Å². The van der Waals surface area contributed by atoms with E-state index in [0.29, 0.717) is 17.5 Å². The second kappa shape index (κ2) is 10.8. The van der Waals surface area contributed by atoms with Crippen LogP contribution in [-0.2, 0) is 26.2 Å². The molecule has 8 rings (SSSR count). The zero-order valence-corrected chi connectivity index (χ0v) is 29.1. The summed E-state index contributed by atoms with van der Waals surface area (Å²) in [4.78, 5) is 38.4. The maximum Gasteiger partial charge on any atom is 0.415 e. The van der Waals surface area contributed by atoms with Gasteiger partial charge in [0.15, 0.2) is 11.5 Å². The Bertz CT molecular complexity index is 1490. The molecule has 2 spiro atoms. The molecule has 258 valence electrons. The summed E-state index contributed by atoms with van der Waals surface area (Å²) >= 11 is 0. The Kier molecular flexibility index (Phi) is 7.51. The van der Waals surface area contributed by atoms with Gasteiger partial charge in [-0.2, -0.15) is 0 Å². The molecule has 11 nitrogen and oxygen atoms in total. The highest BCUT2D eigenvalue weighted by molar-refractivity contribution is 5.86. The first-order valence-corrected chi connectivity index (χ1v) is 17.5. The summed E-state index contributed by atoms with van der Waals surface area (Å²) in [6.45, 7) is 9.57. The van der Waals surface area contributed by atoms with Crippen molar-refractivity contribution in [2.45, 2.75) is 107 Å². The van der Waals surface area contributed by atoms with E-state index in [0.717, 1.165) is 49.0 Å². The van der Waals surface area contributed by atoms with Crippen LogP contribution in [0.2, 0.25) is 0 Å². The van der Waals surface area contributed by atoms with Crippen molar-refractivity contribution < 1.29 is 38.2 Å². The van der Waals surface area contributed by atoms with Gasteiger partial charge in [0.25, 0.3) is 0 Å². The number of likely N-dealkylation sites (N-methyl/N-ethyl adjacent to an activating group) is 2. The third-order valence-corrected chi connectivity index (χ3v) is 13.3. The van der Waals surface area contributed by atoms with Gasteiger partial charge < -0.3 is 39.3 Å². The van der Waals surface area contributed by atoms with Crippen LogP contribution in [0.3, 0.4) is 0 Å². The lowest BCUT2D eigenvalue weighted by Gasteiger charge is -2.75. The van der Waals surface area contributed by atoms with E-state index in [1.807, 2.05) is 19.9 Å². The van der Waals surface area contributed by atoms with Crippen LogP contribution in [0.4, 0.5) is 4.79 Å². The van der Waals surface area contributed by atoms with Crippen LogP contribution in [0.1, 0.15) is 77.3 Å². The normalized spacial score (nSPS) is 36.6. The number of carbonyl (C=O) groups is 3. The number of nitrogens with one attached hydrogen (secondary N) is 2. The number of ether oxygens (including phenoxy) is 3. The predicted molar refractivity (Wildman–Crippen MR) is 174 cm³/mol. The molecule has 3 N–H and O–H groups in total. The van der Waals surface area contributed by atoms with Gasteiger partial charge in [-0.1, -0.05) is 6.07 Å². The molecule has 8 atom stereocenters. The Morgan fingerprint density at radius 3 is 2.62 bits per heavy atom. The predicted octanol–water partition coefficient (Wildman–Crippen LogP) is 2.90. The average molecular weight is 654 g/mol. The van der Waals surface area contributed by atoms with Gasteiger partial charge in [-0.05, 0) is 64.5 Å². The monoisotopic (exact) mass is 653 g/mol. The number of aliphatic hydroxyl groups is 1. The van der Waals surface area contributed by atoms with Crippen molar-refractivity contribution >= 4 is 17.9 Å². The molecule has 5 aliphatic carbocycles. The number of carbonyl (C=O) groups excluding carboxylic acids is 3. The molecule has 0 aromatic heterocycles. The lowest BCUT2D eigenvalue weighted by atomic mass is 9.33. The number of methoxy groups -OCH3 is 1. The number of nitrogens with zero attached hydrogens (tertiary/aromatic N) is 2. The minimum Gasteiger partial charge on any atom is -0.482 e. The largest absolute Gasteiger partial charge is 0.482 e. The number of piperidine rings is 1. The van der Waals surface area contributed by atoms with Crippen LogP contribution in [0, 0.1) is 17.3 Å². The number of rotatable bonds is 10.